The largest absolute Gasteiger partial charge is 0.465 e. The molecule has 138 valence electrons. The molecule has 0 saturated heterocycles. The lowest BCUT2D eigenvalue weighted by atomic mass is 9.63. The molecule has 0 aromatic heterocycles. The van der Waals surface area contributed by atoms with Crippen molar-refractivity contribution in [2.45, 2.75) is 68.1 Å². The van der Waals surface area contributed by atoms with E-state index in [0.717, 1.165) is 4.90 Å². The summed E-state index contributed by atoms with van der Waals surface area (Å²) >= 11 is 1.72. The highest BCUT2D eigenvalue weighted by Gasteiger charge is 2.36. The lowest BCUT2D eigenvalue weighted by Crippen LogP contribution is -2.33. The normalized spacial score (nSPS) is 17.5. The van der Waals surface area contributed by atoms with E-state index >= 15 is 0 Å². The number of carbonyl (C=O) groups is 1. The lowest BCUT2D eigenvalue weighted by molar-refractivity contribution is 0.0600. The number of rotatable bonds is 3. The summed E-state index contributed by atoms with van der Waals surface area (Å²) in [6.45, 7) is 11.5. The maximum absolute atomic E-state index is 11.8. The van der Waals surface area contributed by atoms with E-state index < -0.39 is 0 Å². The third-order valence-electron chi connectivity index (χ3n) is 5.66. The van der Waals surface area contributed by atoms with Gasteiger partial charge in [0.25, 0.3) is 0 Å². The zero-order valence-electron chi connectivity index (χ0n) is 16.6. The van der Waals surface area contributed by atoms with E-state index in [2.05, 4.69) is 52.8 Å². The van der Waals surface area contributed by atoms with Gasteiger partial charge in [-0.1, -0.05) is 51.6 Å². The maximum Gasteiger partial charge on any atom is 0.337 e. The van der Waals surface area contributed by atoms with Gasteiger partial charge in [-0.2, -0.15) is 0 Å². The first-order valence-electron chi connectivity index (χ1n) is 9.16. The summed E-state index contributed by atoms with van der Waals surface area (Å²) in [6.07, 6.45) is 2.43. The monoisotopic (exact) mass is 368 g/mol. The van der Waals surface area contributed by atoms with E-state index in [9.17, 15) is 4.79 Å². The molecule has 2 nitrogen and oxygen atoms in total. The van der Waals surface area contributed by atoms with Crippen LogP contribution in [0.2, 0.25) is 0 Å². The number of esters is 1. The molecule has 0 atom stereocenters. The fourth-order valence-electron chi connectivity index (χ4n) is 3.71. The van der Waals surface area contributed by atoms with Crippen molar-refractivity contribution in [1.82, 2.24) is 0 Å². The molecule has 0 saturated carbocycles. The highest BCUT2D eigenvalue weighted by Crippen LogP contribution is 2.47. The molecule has 0 N–H and O–H groups in total. The van der Waals surface area contributed by atoms with Gasteiger partial charge in [-0.25, -0.2) is 4.79 Å². The molecule has 26 heavy (non-hydrogen) atoms. The van der Waals surface area contributed by atoms with Crippen LogP contribution in [0.3, 0.4) is 0 Å². The van der Waals surface area contributed by atoms with Gasteiger partial charge in [-0.15, -0.1) is 0 Å². The lowest BCUT2D eigenvalue weighted by Gasteiger charge is -2.42. The smallest absolute Gasteiger partial charge is 0.337 e. The molecule has 0 radical (unpaired) electrons. The van der Waals surface area contributed by atoms with Crippen LogP contribution in [0, 0.1) is 6.92 Å². The van der Waals surface area contributed by atoms with Crippen LogP contribution in [0.1, 0.15) is 67.6 Å². The molecule has 3 heteroatoms. The van der Waals surface area contributed by atoms with E-state index in [4.69, 9.17) is 4.74 Å². The number of ether oxygens (including phenoxy) is 1. The number of carbonyl (C=O) groups excluding carboxylic acids is 1. The first-order valence-corrected chi connectivity index (χ1v) is 9.97. The standard InChI is InChI=1S/C23H28O2S/c1-15-7-8-16(21(24)25-6)13-20(15)26-17-9-10-18-19(14-17)23(4,5)12-11-22(18,2)3/h7-10,13-14H,11-12H2,1-6H3. The molecule has 1 aliphatic rings. The van der Waals surface area contributed by atoms with Gasteiger partial charge < -0.3 is 4.74 Å². The Balaban J connectivity index is 1.99. The van der Waals surface area contributed by atoms with Crippen molar-refractivity contribution in [3.63, 3.8) is 0 Å². The van der Waals surface area contributed by atoms with Gasteiger partial charge in [-0.3, -0.25) is 0 Å². The van der Waals surface area contributed by atoms with Crippen molar-refractivity contribution in [3.05, 3.63) is 58.7 Å². The molecule has 2 aromatic carbocycles. The van der Waals surface area contributed by atoms with Gasteiger partial charge in [0.15, 0.2) is 0 Å². The second-order valence-corrected chi connectivity index (χ2v) is 9.66. The Morgan fingerprint density at radius 2 is 1.62 bits per heavy atom. The molecule has 0 unspecified atom stereocenters. The van der Waals surface area contributed by atoms with E-state index in [0.29, 0.717) is 5.56 Å². The minimum absolute atomic E-state index is 0.199. The van der Waals surface area contributed by atoms with Crippen LogP contribution in [0.5, 0.6) is 0 Å². The van der Waals surface area contributed by atoms with Gasteiger partial charge >= 0.3 is 5.97 Å². The zero-order chi connectivity index (χ0) is 19.1. The average Bonchev–Trinajstić information content (AvgIpc) is 2.60. The van der Waals surface area contributed by atoms with Crippen molar-refractivity contribution in [2.24, 2.45) is 0 Å². The minimum Gasteiger partial charge on any atom is -0.465 e. The number of hydrogen-bond donors (Lipinski definition) is 0. The van der Waals surface area contributed by atoms with Crippen LogP contribution in [-0.4, -0.2) is 13.1 Å². The molecule has 0 amide bonds. The van der Waals surface area contributed by atoms with Crippen LogP contribution in [0.25, 0.3) is 0 Å². The molecule has 0 spiro atoms. The summed E-state index contributed by atoms with van der Waals surface area (Å²) in [4.78, 5) is 14.2. The second-order valence-electron chi connectivity index (χ2n) is 8.55. The van der Waals surface area contributed by atoms with Crippen LogP contribution in [-0.2, 0) is 15.6 Å². The summed E-state index contributed by atoms with van der Waals surface area (Å²) in [7, 11) is 1.42. The van der Waals surface area contributed by atoms with Gasteiger partial charge in [0.1, 0.15) is 0 Å². The number of fused-ring (bicyclic) bond motifs is 1. The van der Waals surface area contributed by atoms with Gasteiger partial charge in [0.2, 0.25) is 0 Å². The van der Waals surface area contributed by atoms with E-state index in [1.807, 2.05) is 18.2 Å². The predicted molar refractivity (Wildman–Crippen MR) is 108 cm³/mol. The van der Waals surface area contributed by atoms with Gasteiger partial charge in [0, 0.05) is 9.79 Å². The molecule has 0 bridgehead atoms. The Bertz CT molecular complexity index is 849. The summed E-state index contributed by atoms with van der Waals surface area (Å²) in [5.74, 6) is -0.292. The first-order chi connectivity index (χ1) is 12.1. The predicted octanol–water partition coefficient (Wildman–Crippen LogP) is 6.28. The van der Waals surface area contributed by atoms with Crippen molar-refractivity contribution in [2.75, 3.05) is 7.11 Å². The van der Waals surface area contributed by atoms with E-state index in [-0.39, 0.29) is 16.8 Å². The number of hydrogen-bond acceptors (Lipinski definition) is 3. The fraction of sp³-hybridized carbons (Fsp3) is 0.435. The quantitative estimate of drug-likeness (QED) is 0.596. The van der Waals surface area contributed by atoms with Crippen molar-refractivity contribution >= 4 is 17.7 Å². The van der Waals surface area contributed by atoms with E-state index in [1.54, 1.807) is 11.8 Å². The van der Waals surface area contributed by atoms with Gasteiger partial charge in [0.05, 0.1) is 12.7 Å². The zero-order valence-corrected chi connectivity index (χ0v) is 17.4. The minimum atomic E-state index is -0.292. The average molecular weight is 369 g/mol. The Morgan fingerprint density at radius 1 is 0.962 bits per heavy atom. The first kappa shape index (κ1) is 19.0. The Kier molecular flexibility index (Phi) is 4.96. The SMILES string of the molecule is COC(=O)c1ccc(C)c(Sc2ccc3c(c2)C(C)(C)CCC3(C)C)c1. The molecule has 0 aliphatic heterocycles. The summed E-state index contributed by atoms with van der Waals surface area (Å²) in [5.41, 5.74) is 5.12. The van der Waals surface area contributed by atoms with Crippen molar-refractivity contribution < 1.29 is 9.53 Å². The van der Waals surface area contributed by atoms with Crippen molar-refractivity contribution in [1.29, 1.82) is 0 Å². The molecule has 0 heterocycles. The van der Waals surface area contributed by atoms with Crippen LogP contribution >= 0.6 is 11.8 Å². The molecule has 1 aliphatic carbocycles. The molecular formula is C23H28O2S. The van der Waals surface area contributed by atoms with Crippen LogP contribution < -0.4 is 0 Å². The molecule has 3 rings (SSSR count). The third-order valence-corrected chi connectivity index (χ3v) is 6.81. The number of methoxy groups -OCH3 is 1. The third kappa shape index (κ3) is 3.55. The summed E-state index contributed by atoms with van der Waals surface area (Å²) < 4.78 is 4.86. The second kappa shape index (κ2) is 6.77. The molecular weight excluding hydrogens is 340 g/mol. The summed E-state index contributed by atoms with van der Waals surface area (Å²) in [5, 5.41) is 0. The number of aryl methyl sites for hydroxylation is 1. The van der Waals surface area contributed by atoms with Crippen LogP contribution in [0.15, 0.2) is 46.2 Å². The number of benzene rings is 2. The Morgan fingerprint density at radius 3 is 2.27 bits per heavy atom. The summed E-state index contributed by atoms with van der Waals surface area (Å²) in [6, 6.07) is 12.6. The van der Waals surface area contributed by atoms with Crippen molar-refractivity contribution in [3.8, 4) is 0 Å². The fourth-order valence-corrected chi connectivity index (χ4v) is 4.69. The Hall–Kier alpha value is -1.74. The Labute approximate surface area is 161 Å². The molecule has 0 fully saturated rings. The topological polar surface area (TPSA) is 26.3 Å². The van der Waals surface area contributed by atoms with Crippen LogP contribution in [0.4, 0.5) is 0 Å². The maximum atomic E-state index is 11.8. The van der Waals surface area contributed by atoms with E-state index in [1.165, 1.54) is 41.5 Å². The van der Waals surface area contributed by atoms with Gasteiger partial charge in [-0.05, 0) is 71.6 Å². The molecule has 2 aromatic rings. The highest BCUT2D eigenvalue weighted by molar-refractivity contribution is 7.99. The highest BCUT2D eigenvalue weighted by atomic mass is 32.2.